The van der Waals surface area contributed by atoms with Gasteiger partial charge in [0.25, 0.3) is 0 Å². The van der Waals surface area contributed by atoms with Crippen LogP contribution in [0.1, 0.15) is 5.56 Å². The maximum absolute atomic E-state index is 9.72. The molecule has 0 saturated carbocycles. The minimum absolute atomic E-state index is 0.255. The van der Waals surface area contributed by atoms with Crippen LogP contribution in [0.4, 0.5) is 0 Å². The molecule has 2 rings (SSSR count). The Morgan fingerprint density at radius 3 is 2.60 bits per heavy atom. The third-order valence-corrected chi connectivity index (χ3v) is 2.52. The van der Waals surface area contributed by atoms with E-state index in [0.717, 1.165) is 16.7 Å². The first-order valence-corrected chi connectivity index (χ1v) is 5.10. The fourth-order valence-corrected chi connectivity index (χ4v) is 1.72. The van der Waals surface area contributed by atoms with Crippen LogP contribution in [0, 0.1) is 6.92 Å². The lowest BCUT2D eigenvalue weighted by Gasteiger charge is -2.06. The Hall–Kier alpha value is -1.47. The summed E-state index contributed by atoms with van der Waals surface area (Å²) in [6.07, 6.45) is 0. The van der Waals surface area contributed by atoms with Crippen LogP contribution in [0.2, 0.25) is 5.02 Å². The van der Waals surface area contributed by atoms with Crippen molar-refractivity contribution in [3.63, 3.8) is 0 Å². The molecule has 1 N–H and O–H groups in total. The number of hydrogen-bond donors (Lipinski definition) is 1. The fourth-order valence-electron chi connectivity index (χ4n) is 1.55. The topological polar surface area (TPSA) is 20.2 Å². The molecule has 0 aliphatic carbocycles. The minimum Gasteiger partial charge on any atom is -0.507 e. The molecule has 0 aliphatic rings. The molecule has 0 radical (unpaired) electrons. The molecule has 2 aromatic rings. The van der Waals surface area contributed by atoms with E-state index >= 15 is 0 Å². The van der Waals surface area contributed by atoms with Gasteiger partial charge < -0.3 is 5.11 Å². The molecule has 76 valence electrons. The highest BCUT2D eigenvalue weighted by Gasteiger charge is 2.04. The Balaban J connectivity index is 2.58. The first-order valence-electron chi connectivity index (χ1n) is 4.72. The Labute approximate surface area is 94.0 Å². The van der Waals surface area contributed by atoms with Gasteiger partial charge in [-0.1, -0.05) is 41.4 Å². The smallest absolute Gasteiger partial charge is 0.123 e. The van der Waals surface area contributed by atoms with Crippen LogP contribution in [-0.2, 0) is 0 Å². The van der Waals surface area contributed by atoms with E-state index in [1.165, 1.54) is 0 Å². The van der Waals surface area contributed by atoms with Gasteiger partial charge in [-0.15, -0.1) is 0 Å². The van der Waals surface area contributed by atoms with E-state index in [0.29, 0.717) is 5.02 Å². The molecular weight excluding hydrogens is 208 g/mol. The molecule has 0 amide bonds. The normalized spacial score (nSPS) is 10.3. The molecule has 0 aliphatic heterocycles. The third kappa shape index (κ3) is 2.13. The summed E-state index contributed by atoms with van der Waals surface area (Å²) < 4.78 is 0. The number of halogens is 1. The maximum atomic E-state index is 9.72. The van der Waals surface area contributed by atoms with Gasteiger partial charge in [-0.05, 0) is 30.7 Å². The highest BCUT2D eigenvalue weighted by Crippen LogP contribution is 2.31. The number of aromatic hydroxyl groups is 1. The van der Waals surface area contributed by atoms with Crippen molar-refractivity contribution in [1.82, 2.24) is 0 Å². The second kappa shape index (κ2) is 3.95. The number of aryl methyl sites for hydroxylation is 1. The van der Waals surface area contributed by atoms with Crippen LogP contribution in [0.3, 0.4) is 0 Å². The molecule has 0 atom stereocenters. The predicted octanol–water partition coefficient (Wildman–Crippen LogP) is 4.02. The lowest BCUT2D eigenvalue weighted by molar-refractivity contribution is 0.477. The van der Waals surface area contributed by atoms with E-state index < -0.39 is 0 Å². The average Bonchev–Trinajstić information content (AvgIpc) is 2.22. The van der Waals surface area contributed by atoms with Crippen molar-refractivity contribution in [2.45, 2.75) is 6.92 Å². The standard InChI is InChI=1S/C13H11ClO/c1-9-3-2-4-10(7-9)12-8-11(14)5-6-13(12)15/h2-8,15H,1H3. The second-order valence-corrected chi connectivity index (χ2v) is 3.97. The van der Waals surface area contributed by atoms with Gasteiger partial charge in [0.15, 0.2) is 0 Å². The van der Waals surface area contributed by atoms with Gasteiger partial charge in [-0.25, -0.2) is 0 Å². The monoisotopic (exact) mass is 218 g/mol. The molecule has 0 fully saturated rings. The van der Waals surface area contributed by atoms with Gasteiger partial charge in [0, 0.05) is 10.6 Å². The third-order valence-electron chi connectivity index (χ3n) is 2.29. The minimum atomic E-state index is 0.255. The van der Waals surface area contributed by atoms with Gasteiger partial charge in [0.2, 0.25) is 0 Å². The zero-order valence-corrected chi connectivity index (χ0v) is 9.12. The first-order chi connectivity index (χ1) is 7.16. The van der Waals surface area contributed by atoms with Crippen molar-refractivity contribution in [1.29, 1.82) is 0 Å². The second-order valence-electron chi connectivity index (χ2n) is 3.53. The molecule has 2 heteroatoms. The lowest BCUT2D eigenvalue weighted by atomic mass is 10.0. The Morgan fingerprint density at radius 1 is 1.07 bits per heavy atom. The van der Waals surface area contributed by atoms with Crippen molar-refractivity contribution < 1.29 is 5.11 Å². The van der Waals surface area contributed by atoms with Crippen LogP contribution in [-0.4, -0.2) is 5.11 Å². The van der Waals surface area contributed by atoms with E-state index in [9.17, 15) is 5.11 Å². The Bertz CT molecular complexity index is 492. The van der Waals surface area contributed by atoms with E-state index in [2.05, 4.69) is 0 Å². The summed E-state index contributed by atoms with van der Waals surface area (Å²) in [6, 6.07) is 13.0. The van der Waals surface area contributed by atoms with E-state index in [-0.39, 0.29) is 5.75 Å². The van der Waals surface area contributed by atoms with Crippen LogP contribution in [0.25, 0.3) is 11.1 Å². The van der Waals surface area contributed by atoms with Gasteiger partial charge >= 0.3 is 0 Å². The average molecular weight is 219 g/mol. The molecular formula is C13H11ClO. The summed E-state index contributed by atoms with van der Waals surface area (Å²) in [4.78, 5) is 0. The van der Waals surface area contributed by atoms with Crippen molar-refractivity contribution in [3.8, 4) is 16.9 Å². The molecule has 0 spiro atoms. The fraction of sp³-hybridized carbons (Fsp3) is 0.0769. The van der Waals surface area contributed by atoms with Crippen molar-refractivity contribution >= 4 is 11.6 Å². The highest BCUT2D eigenvalue weighted by molar-refractivity contribution is 6.31. The van der Waals surface area contributed by atoms with Crippen molar-refractivity contribution in [2.24, 2.45) is 0 Å². The number of phenols is 1. The number of phenolic OH excluding ortho intramolecular Hbond substituents is 1. The molecule has 1 nitrogen and oxygen atoms in total. The maximum Gasteiger partial charge on any atom is 0.123 e. The summed E-state index contributed by atoms with van der Waals surface area (Å²) in [5.74, 6) is 0.255. The van der Waals surface area contributed by atoms with Gasteiger partial charge in [0.1, 0.15) is 5.75 Å². The highest BCUT2D eigenvalue weighted by atomic mass is 35.5. The first kappa shape index (κ1) is 10.1. The molecule has 0 bridgehead atoms. The Kier molecular flexibility index (Phi) is 2.65. The van der Waals surface area contributed by atoms with Crippen LogP contribution in [0.5, 0.6) is 5.75 Å². The zero-order valence-electron chi connectivity index (χ0n) is 8.37. The van der Waals surface area contributed by atoms with Gasteiger partial charge in [0.05, 0.1) is 0 Å². The molecule has 15 heavy (non-hydrogen) atoms. The van der Waals surface area contributed by atoms with Crippen LogP contribution in [0.15, 0.2) is 42.5 Å². The van der Waals surface area contributed by atoms with E-state index in [4.69, 9.17) is 11.6 Å². The molecule has 0 unspecified atom stereocenters. The molecule has 2 aromatic carbocycles. The van der Waals surface area contributed by atoms with E-state index in [1.807, 2.05) is 31.2 Å². The molecule has 0 heterocycles. The number of benzene rings is 2. The number of rotatable bonds is 1. The van der Waals surface area contributed by atoms with Gasteiger partial charge in [-0.3, -0.25) is 0 Å². The van der Waals surface area contributed by atoms with E-state index in [1.54, 1.807) is 18.2 Å². The van der Waals surface area contributed by atoms with Crippen molar-refractivity contribution in [2.75, 3.05) is 0 Å². The molecule has 0 aromatic heterocycles. The van der Waals surface area contributed by atoms with Crippen LogP contribution < -0.4 is 0 Å². The zero-order chi connectivity index (χ0) is 10.8. The predicted molar refractivity (Wildman–Crippen MR) is 63.3 cm³/mol. The quantitative estimate of drug-likeness (QED) is 0.767. The summed E-state index contributed by atoms with van der Waals surface area (Å²) in [7, 11) is 0. The lowest BCUT2D eigenvalue weighted by Crippen LogP contribution is -1.80. The van der Waals surface area contributed by atoms with Gasteiger partial charge in [-0.2, -0.15) is 0 Å². The van der Waals surface area contributed by atoms with Crippen molar-refractivity contribution in [3.05, 3.63) is 53.1 Å². The summed E-state index contributed by atoms with van der Waals surface area (Å²) >= 11 is 5.90. The number of hydrogen-bond acceptors (Lipinski definition) is 1. The molecule has 0 saturated heterocycles. The largest absolute Gasteiger partial charge is 0.507 e. The summed E-state index contributed by atoms with van der Waals surface area (Å²) in [6.45, 7) is 2.02. The summed E-state index contributed by atoms with van der Waals surface area (Å²) in [5.41, 5.74) is 2.91. The Morgan fingerprint density at radius 2 is 1.87 bits per heavy atom. The van der Waals surface area contributed by atoms with Crippen LogP contribution >= 0.6 is 11.6 Å². The summed E-state index contributed by atoms with van der Waals surface area (Å²) in [5, 5.41) is 10.3. The SMILES string of the molecule is Cc1cccc(-c2cc(Cl)ccc2O)c1.